The lowest BCUT2D eigenvalue weighted by Crippen LogP contribution is -2.15. The summed E-state index contributed by atoms with van der Waals surface area (Å²) in [6.07, 6.45) is 2.81. The fraction of sp³-hybridized carbons (Fsp3) is 0.0769. The molecule has 0 atom stereocenters. The van der Waals surface area contributed by atoms with E-state index in [0.717, 1.165) is 18.2 Å². The minimum atomic E-state index is -0.760. The summed E-state index contributed by atoms with van der Waals surface area (Å²) in [5, 5.41) is 15.8. The van der Waals surface area contributed by atoms with Crippen molar-refractivity contribution in [2.24, 2.45) is 0 Å². The third-order valence-corrected chi connectivity index (χ3v) is 2.74. The Morgan fingerprint density at radius 2 is 2.10 bits per heavy atom. The zero-order valence-electron chi connectivity index (χ0n) is 11.0. The van der Waals surface area contributed by atoms with Crippen molar-refractivity contribution >= 4 is 23.0 Å². The number of amides is 1. The number of rotatable bonds is 4. The van der Waals surface area contributed by atoms with E-state index in [1.54, 1.807) is 13.1 Å². The Kier molecular flexibility index (Phi) is 4.07. The number of nitrogens with one attached hydrogen (secondary N) is 2. The summed E-state index contributed by atoms with van der Waals surface area (Å²) in [5.74, 6) is -1.38. The fourth-order valence-corrected chi connectivity index (χ4v) is 1.71. The Hall–Kier alpha value is -3.03. The van der Waals surface area contributed by atoms with Gasteiger partial charge in [0.25, 0.3) is 11.6 Å². The Morgan fingerprint density at radius 3 is 2.76 bits per heavy atom. The minimum Gasteiger partial charge on any atom is -0.387 e. The number of anilines is 2. The van der Waals surface area contributed by atoms with Crippen LogP contribution in [0.4, 0.5) is 21.5 Å². The lowest BCUT2D eigenvalue weighted by molar-refractivity contribution is -0.384. The highest BCUT2D eigenvalue weighted by Gasteiger charge is 2.16. The van der Waals surface area contributed by atoms with Crippen molar-refractivity contribution in [3.63, 3.8) is 0 Å². The van der Waals surface area contributed by atoms with Crippen LogP contribution in [-0.2, 0) is 0 Å². The van der Waals surface area contributed by atoms with E-state index in [0.29, 0.717) is 5.69 Å². The average Bonchev–Trinajstić information content (AvgIpc) is 2.49. The van der Waals surface area contributed by atoms with Crippen LogP contribution >= 0.6 is 0 Å². The molecular weight excluding hydrogens is 279 g/mol. The van der Waals surface area contributed by atoms with Crippen LogP contribution in [0.1, 0.15) is 10.4 Å². The van der Waals surface area contributed by atoms with Gasteiger partial charge in [0, 0.05) is 37.3 Å². The molecular formula is C13H11FN4O3. The van der Waals surface area contributed by atoms with E-state index in [9.17, 15) is 19.3 Å². The van der Waals surface area contributed by atoms with Gasteiger partial charge < -0.3 is 10.6 Å². The number of hydrogen-bond acceptors (Lipinski definition) is 5. The van der Waals surface area contributed by atoms with Gasteiger partial charge in [0.1, 0.15) is 5.82 Å². The summed E-state index contributed by atoms with van der Waals surface area (Å²) >= 11 is 0. The third kappa shape index (κ3) is 3.11. The molecule has 0 saturated carbocycles. The fourth-order valence-electron chi connectivity index (χ4n) is 1.71. The number of halogens is 1. The number of nitrogens with zero attached hydrogens (tertiary/aromatic N) is 2. The van der Waals surface area contributed by atoms with Gasteiger partial charge in [0.05, 0.1) is 16.2 Å². The van der Waals surface area contributed by atoms with Gasteiger partial charge in [-0.25, -0.2) is 4.39 Å². The van der Waals surface area contributed by atoms with Crippen molar-refractivity contribution in [3.05, 3.63) is 58.2 Å². The maximum atomic E-state index is 13.6. The number of benzene rings is 1. The molecule has 1 aromatic carbocycles. The summed E-state index contributed by atoms with van der Waals surface area (Å²) in [7, 11) is 1.63. The summed E-state index contributed by atoms with van der Waals surface area (Å²) in [6, 6.07) is 4.49. The molecule has 2 rings (SSSR count). The smallest absolute Gasteiger partial charge is 0.271 e. The Morgan fingerprint density at radius 1 is 1.33 bits per heavy atom. The lowest BCUT2D eigenvalue weighted by atomic mass is 10.2. The molecule has 0 unspecified atom stereocenters. The van der Waals surface area contributed by atoms with E-state index in [2.05, 4.69) is 15.6 Å². The van der Waals surface area contributed by atoms with Crippen LogP contribution in [0.15, 0.2) is 36.7 Å². The van der Waals surface area contributed by atoms with Crippen LogP contribution in [0.2, 0.25) is 0 Å². The van der Waals surface area contributed by atoms with E-state index in [4.69, 9.17) is 0 Å². The number of carbonyl (C=O) groups excluding carboxylic acids is 1. The highest BCUT2D eigenvalue weighted by molar-refractivity contribution is 6.07. The first-order valence-corrected chi connectivity index (χ1v) is 5.90. The van der Waals surface area contributed by atoms with E-state index >= 15 is 0 Å². The molecule has 0 radical (unpaired) electrons. The van der Waals surface area contributed by atoms with Gasteiger partial charge in [-0.05, 0) is 12.1 Å². The molecule has 0 saturated heterocycles. The standard InChI is InChI=1S/C13H11FN4O3/c1-15-11-4-5-16-7-9(11)13(19)17-12-6-8(18(20)21)2-3-10(12)14/h2-7H,1H3,(H,15,16)(H,17,19). The van der Waals surface area contributed by atoms with Crippen molar-refractivity contribution in [1.82, 2.24) is 4.98 Å². The third-order valence-electron chi connectivity index (χ3n) is 2.74. The zero-order valence-corrected chi connectivity index (χ0v) is 11.0. The molecule has 0 aliphatic heterocycles. The highest BCUT2D eigenvalue weighted by Crippen LogP contribution is 2.22. The molecule has 0 fully saturated rings. The van der Waals surface area contributed by atoms with Crippen molar-refractivity contribution in [1.29, 1.82) is 0 Å². The molecule has 21 heavy (non-hydrogen) atoms. The summed E-state index contributed by atoms with van der Waals surface area (Å²) in [4.78, 5) is 25.9. The van der Waals surface area contributed by atoms with Crippen LogP contribution in [0.3, 0.4) is 0 Å². The molecule has 0 aliphatic rings. The molecule has 2 N–H and O–H groups in total. The van der Waals surface area contributed by atoms with Gasteiger partial charge in [0.15, 0.2) is 0 Å². The molecule has 8 heteroatoms. The number of hydrogen-bond donors (Lipinski definition) is 2. The molecule has 2 aromatic rings. The van der Waals surface area contributed by atoms with Crippen LogP contribution in [0, 0.1) is 15.9 Å². The Bertz CT molecular complexity index is 706. The summed E-state index contributed by atoms with van der Waals surface area (Å²) in [5.41, 5.74) is 0.131. The number of carbonyl (C=O) groups is 1. The van der Waals surface area contributed by atoms with Gasteiger partial charge in [0.2, 0.25) is 0 Å². The van der Waals surface area contributed by atoms with E-state index in [-0.39, 0.29) is 16.9 Å². The van der Waals surface area contributed by atoms with Gasteiger partial charge >= 0.3 is 0 Å². The predicted molar refractivity (Wildman–Crippen MR) is 74.8 cm³/mol. The second kappa shape index (κ2) is 5.95. The maximum absolute atomic E-state index is 13.6. The zero-order chi connectivity index (χ0) is 15.4. The van der Waals surface area contributed by atoms with Crippen LogP contribution < -0.4 is 10.6 Å². The Balaban J connectivity index is 2.31. The van der Waals surface area contributed by atoms with Crippen LogP contribution in [0.25, 0.3) is 0 Å². The first-order valence-electron chi connectivity index (χ1n) is 5.90. The predicted octanol–water partition coefficient (Wildman–Crippen LogP) is 2.42. The largest absolute Gasteiger partial charge is 0.387 e. The van der Waals surface area contributed by atoms with E-state index in [1.807, 2.05) is 0 Å². The molecule has 0 spiro atoms. The SMILES string of the molecule is CNc1ccncc1C(=O)Nc1cc([N+](=O)[O-])ccc1F. The van der Waals surface area contributed by atoms with Gasteiger partial charge in [-0.1, -0.05) is 0 Å². The molecule has 0 bridgehead atoms. The van der Waals surface area contributed by atoms with Crippen molar-refractivity contribution in [3.8, 4) is 0 Å². The van der Waals surface area contributed by atoms with Crippen molar-refractivity contribution in [2.75, 3.05) is 17.7 Å². The van der Waals surface area contributed by atoms with Crippen molar-refractivity contribution < 1.29 is 14.1 Å². The average molecular weight is 290 g/mol. The van der Waals surface area contributed by atoms with Gasteiger partial charge in [-0.3, -0.25) is 19.9 Å². The molecule has 1 amide bonds. The first kappa shape index (κ1) is 14.4. The Labute approximate surface area is 119 Å². The van der Waals surface area contributed by atoms with Crippen molar-refractivity contribution in [2.45, 2.75) is 0 Å². The number of aromatic nitrogens is 1. The summed E-state index contributed by atoms with van der Waals surface area (Å²) < 4.78 is 13.6. The highest BCUT2D eigenvalue weighted by atomic mass is 19.1. The maximum Gasteiger partial charge on any atom is 0.271 e. The number of nitro groups is 1. The lowest BCUT2D eigenvalue weighted by Gasteiger charge is -2.09. The summed E-state index contributed by atoms with van der Waals surface area (Å²) in [6.45, 7) is 0. The van der Waals surface area contributed by atoms with Crippen LogP contribution in [0.5, 0.6) is 0 Å². The van der Waals surface area contributed by atoms with E-state index < -0.39 is 16.6 Å². The van der Waals surface area contributed by atoms with E-state index in [1.165, 1.54) is 12.4 Å². The van der Waals surface area contributed by atoms with Gasteiger partial charge in [-0.15, -0.1) is 0 Å². The second-order valence-electron chi connectivity index (χ2n) is 4.05. The van der Waals surface area contributed by atoms with Gasteiger partial charge in [-0.2, -0.15) is 0 Å². The quantitative estimate of drug-likeness (QED) is 0.665. The normalized spacial score (nSPS) is 10.0. The minimum absolute atomic E-state index is 0.200. The number of non-ortho nitro benzene ring substituents is 1. The molecule has 108 valence electrons. The molecule has 1 aromatic heterocycles. The first-order chi connectivity index (χ1) is 10.0. The van der Waals surface area contributed by atoms with Crippen LogP contribution in [-0.4, -0.2) is 22.9 Å². The molecule has 0 aliphatic carbocycles. The molecule has 7 nitrogen and oxygen atoms in total. The number of pyridine rings is 1. The second-order valence-corrected chi connectivity index (χ2v) is 4.05. The topological polar surface area (TPSA) is 97.2 Å². The number of nitro benzene ring substituents is 1. The monoisotopic (exact) mass is 290 g/mol. The molecule has 1 heterocycles.